The topological polar surface area (TPSA) is 35.6 Å². The number of amides is 1. The third-order valence-electron chi connectivity index (χ3n) is 4.45. The molecule has 132 valence electrons. The Hall–Kier alpha value is -2.11. The van der Waals surface area contributed by atoms with E-state index in [1.165, 1.54) is 23.9 Å². The first-order valence-electron chi connectivity index (χ1n) is 8.29. The summed E-state index contributed by atoms with van der Waals surface area (Å²) in [7, 11) is 2.13. The van der Waals surface area contributed by atoms with Crippen LogP contribution in [-0.2, 0) is 6.54 Å². The maximum atomic E-state index is 13.8. The summed E-state index contributed by atoms with van der Waals surface area (Å²) in [6.07, 6.45) is 0. The van der Waals surface area contributed by atoms with Crippen LogP contribution in [0.2, 0.25) is 5.02 Å². The highest BCUT2D eigenvalue weighted by molar-refractivity contribution is 6.33. The van der Waals surface area contributed by atoms with Gasteiger partial charge in [-0.15, -0.1) is 0 Å². The highest BCUT2D eigenvalue weighted by Gasteiger charge is 2.16. The zero-order valence-corrected chi connectivity index (χ0v) is 14.9. The van der Waals surface area contributed by atoms with Crippen LogP contribution in [0.3, 0.4) is 0 Å². The van der Waals surface area contributed by atoms with E-state index in [9.17, 15) is 9.18 Å². The van der Waals surface area contributed by atoms with Gasteiger partial charge in [0, 0.05) is 38.4 Å². The van der Waals surface area contributed by atoms with E-state index in [0.717, 1.165) is 31.7 Å². The van der Waals surface area contributed by atoms with Crippen LogP contribution in [0.5, 0.6) is 0 Å². The fourth-order valence-corrected chi connectivity index (χ4v) is 3.12. The monoisotopic (exact) mass is 361 g/mol. The van der Waals surface area contributed by atoms with E-state index in [0.29, 0.717) is 6.54 Å². The average Bonchev–Trinajstić information content (AvgIpc) is 2.61. The SMILES string of the molecule is CN1CCN(c2ccc(CNC(=O)c3c(F)cccc3Cl)cc2)CC1. The van der Waals surface area contributed by atoms with E-state index in [1.807, 2.05) is 12.1 Å². The molecule has 25 heavy (non-hydrogen) atoms. The standard InChI is InChI=1S/C19H21ClFN3O/c1-23-9-11-24(12-10-23)15-7-5-14(6-8-15)13-22-19(25)18-16(20)3-2-4-17(18)21/h2-8H,9-13H2,1H3,(H,22,25). The van der Waals surface area contributed by atoms with Crippen LogP contribution in [-0.4, -0.2) is 44.0 Å². The smallest absolute Gasteiger partial charge is 0.256 e. The molecule has 1 amide bonds. The lowest BCUT2D eigenvalue weighted by Gasteiger charge is -2.34. The van der Waals surface area contributed by atoms with Crippen LogP contribution >= 0.6 is 11.6 Å². The molecule has 0 aromatic heterocycles. The van der Waals surface area contributed by atoms with Crippen molar-refractivity contribution in [1.29, 1.82) is 0 Å². The van der Waals surface area contributed by atoms with Gasteiger partial charge >= 0.3 is 0 Å². The minimum Gasteiger partial charge on any atom is -0.369 e. The molecule has 1 fully saturated rings. The van der Waals surface area contributed by atoms with E-state index < -0.39 is 11.7 Å². The predicted octanol–water partition coefficient (Wildman–Crippen LogP) is 3.16. The van der Waals surface area contributed by atoms with Gasteiger partial charge < -0.3 is 15.1 Å². The Balaban J connectivity index is 1.59. The second kappa shape index (κ2) is 7.85. The Morgan fingerprint density at radius 3 is 2.44 bits per heavy atom. The number of hydrogen-bond acceptors (Lipinski definition) is 3. The van der Waals surface area contributed by atoms with Crippen LogP contribution in [0.25, 0.3) is 0 Å². The number of nitrogens with zero attached hydrogens (tertiary/aromatic N) is 2. The summed E-state index contributed by atoms with van der Waals surface area (Å²) < 4.78 is 13.8. The summed E-state index contributed by atoms with van der Waals surface area (Å²) >= 11 is 5.91. The molecule has 0 atom stereocenters. The first-order valence-corrected chi connectivity index (χ1v) is 8.67. The van der Waals surface area contributed by atoms with Crippen LogP contribution in [0.1, 0.15) is 15.9 Å². The van der Waals surface area contributed by atoms with Crippen LogP contribution in [0.4, 0.5) is 10.1 Å². The molecule has 3 rings (SSSR count). The molecule has 0 radical (unpaired) electrons. The van der Waals surface area contributed by atoms with Gasteiger partial charge in [-0.3, -0.25) is 4.79 Å². The number of carbonyl (C=O) groups excluding carboxylic acids is 1. The number of likely N-dealkylation sites (N-methyl/N-ethyl adjacent to an activating group) is 1. The molecule has 0 saturated carbocycles. The van der Waals surface area contributed by atoms with Crippen molar-refractivity contribution < 1.29 is 9.18 Å². The summed E-state index contributed by atoms with van der Waals surface area (Å²) in [6.45, 7) is 4.46. The van der Waals surface area contributed by atoms with Crippen molar-refractivity contribution >= 4 is 23.2 Å². The first-order chi connectivity index (χ1) is 12.0. The summed E-state index contributed by atoms with van der Waals surface area (Å²) in [5.74, 6) is -1.12. The largest absolute Gasteiger partial charge is 0.369 e. The molecule has 0 bridgehead atoms. The highest BCUT2D eigenvalue weighted by Crippen LogP contribution is 2.20. The zero-order valence-electron chi connectivity index (χ0n) is 14.1. The van der Waals surface area contributed by atoms with Gasteiger partial charge in [0.15, 0.2) is 0 Å². The highest BCUT2D eigenvalue weighted by atomic mass is 35.5. The maximum Gasteiger partial charge on any atom is 0.256 e. The molecule has 0 spiro atoms. The van der Waals surface area contributed by atoms with E-state index in [-0.39, 0.29) is 10.6 Å². The minimum atomic E-state index is -0.615. The van der Waals surface area contributed by atoms with Gasteiger partial charge in [0.1, 0.15) is 5.82 Å². The molecule has 2 aromatic rings. The molecular formula is C19H21ClFN3O. The fraction of sp³-hybridized carbons (Fsp3) is 0.316. The Bertz CT molecular complexity index is 723. The Morgan fingerprint density at radius 1 is 1.12 bits per heavy atom. The third kappa shape index (κ3) is 4.30. The number of carbonyl (C=O) groups is 1. The molecule has 1 aliphatic heterocycles. The molecule has 0 unspecified atom stereocenters. The number of nitrogens with one attached hydrogen (secondary N) is 1. The van der Waals surface area contributed by atoms with E-state index in [4.69, 9.17) is 11.6 Å². The zero-order chi connectivity index (χ0) is 17.8. The summed E-state index contributed by atoms with van der Waals surface area (Å²) in [6, 6.07) is 12.3. The molecule has 4 nitrogen and oxygen atoms in total. The fourth-order valence-electron chi connectivity index (χ4n) is 2.87. The second-order valence-corrected chi connectivity index (χ2v) is 6.64. The molecule has 1 N–H and O–H groups in total. The van der Waals surface area contributed by atoms with Crippen LogP contribution in [0, 0.1) is 5.82 Å². The van der Waals surface area contributed by atoms with Gasteiger partial charge in [0.05, 0.1) is 10.6 Å². The summed E-state index contributed by atoms with van der Waals surface area (Å²) in [4.78, 5) is 16.8. The lowest BCUT2D eigenvalue weighted by Crippen LogP contribution is -2.44. The molecule has 2 aromatic carbocycles. The number of hydrogen-bond donors (Lipinski definition) is 1. The minimum absolute atomic E-state index is 0.113. The molecule has 0 aliphatic carbocycles. The van der Waals surface area contributed by atoms with Gasteiger partial charge in [-0.2, -0.15) is 0 Å². The van der Waals surface area contributed by atoms with Crippen molar-refractivity contribution in [2.45, 2.75) is 6.54 Å². The van der Waals surface area contributed by atoms with Gasteiger partial charge in [-0.1, -0.05) is 29.8 Å². The van der Waals surface area contributed by atoms with E-state index in [1.54, 1.807) is 0 Å². The van der Waals surface area contributed by atoms with Gasteiger partial charge in [-0.05, 0) is 36.9 Å². The number of anilines is 1. The lowest BCUT2D eigenvalue weighted by atomic mass is 10.1. The summed E-state index contributed by atoms with van der Waals surface area (Å²) in [5, 5.41) is 2.83. The normalized spacial score (nSPS) is 15.2. The predicted molar refractivity (Wildman–Crippen MR) is 98.7 cm³/mol. The maximum absolute atomic E-state index is 13.8. The van der Waals surface area contributed by atoms with Crippen molar-refractivity contribution in [2.24, 2.45) is 0 Å². The van der Waals surface area contributed by atoms with E-state index in [2.05, 4.69) is 34.3 Å². The second-order valence-electron chi connectivity index (χ2n) is 6.24. The average molecular weight is 362 g/mol. The Labute approximate surface area is 152 Å². The van der Waals surface area contributed by atoms with Crippen LogP contribution < -0.4 is 10.2 Å². The van der Waals surface area contributed by atoms with Crippen molar-refractivity contribution in [2.75, 3.05) is 38.1 Å². The number of halogens is 2. The van der Waals surface area contributed by atoms with Crippen molar-refractivity contribution in [3.05, 3.63) is 64.4 Å². The number of rotatable bonds is 4. The Morgan fingerprint density at radius 2 is 1.80 bits per heavy atom. The van der Waals surface area contributed by atoms with Gasteiger partial charge in [0.25, 0.3) is 5.91 Å². The molecule has 1 saturated heterocycles. The van der Waals surface area contributed by atoms with Crippen molar-refractivity contribution in [3.63, 3.8) is 0 Å². The first kappa shape index (κ1) is 17.7. The molecule has 1 aliphatic rings. The quantitative estimate of drug-likeness (QED) is 0.908. The van der Waals surface area contributed by atoms with Crippen molar-refractivity contribution in [3.8, 4) is 0 Å². The molecule has 6 heteroatoms. The van der Waals surface area contributed by atoms with Crippen LogP contribution in [0.15, 0.2) is 42.5 Å². The Kier molecular flexibility index (Phi) is 5.56. The number of benzene rings is 2. The third-order valence-corrected chi connectivity index (χ3v) is 4.76. The van der Waals surface area contributed by atoms with Gasteiger partial charge in [0.2, 0.25) is 0 Å². The molecular weight excluding hydrogens is 341 g/mol. The summed E-state index contributed by atoms with van der Waals surface area (Å²) in [5.41, 5.74) is 2.03. The van der Waals surface area contributed by atoms with Gasteiger partial charge in [-0.25, -0.2) is 4.39 Å². The van der Waals surface area contributed by atoms with Crippen molar-refractivity contribution in [1.82, 2.24) is 10.2 Å². The lowest BCUT2D eigenvalue weighted by molar-refractivity contribution is 0.0947. The number of piperazine rings is 1. The van der Waals surface area contributed by atoms with E-state index >= 15 is 0 Å². The molecule has 1 heterocycles.